The van der Waals surface area contributed by atoms with Crippen LogP contribution in [-0.4, -0.2) is 79.5 Å². The van der Waals surface area contributed by atoms with Crippen molar-refractivity contribution >= 4 is 5.91 Å². The predicted octanol–water partition coefficient (Wildman–Crippen LogP) is 1.79. The zero-order valence-corrected chi connectivity index (χ0v) is 16.7. The van der Waals surface area contributed by atoms with Gasteiger partial charge in [-0.25, -0.2) is 4.39 Å². The summed E-state index contributed by atoms with van der Waals surface area (Å²) in [6, 6.07) is 7.12. The second-order valence-electron chi connectivity index (χ2n) is 8.14. The van der Waals surface area contributed by atoms with Crippen molar-refractivity contribution in [1.29, 1.82) is 0 Å². The number of hydrogen-bond acceptors (Lipinski definition) is 4. The van der Waals surface area contributed by atoms with Crippen LogP contribution in [0, 0.1) is 11.7 Å². The van der Waals surface area contributed by atoms with E-state index in [2.05, 4.69) is 34.0 Å². The molecule has 1 amide bonds. The minimum atomic E-state index is -0.198. The van der Waals surface area contributed by atoms with Crippen LogP contribution < -0.4 is 5.32 Å². The smallest absolute Gasteiger partial charge is 0.224 e. The van der Waals surface area contributed by atoms with E-state index in [1.807, 2.05) is 6.07 Å². The number of piperazine rings is 1. The predicted molar refractivity (Wildman–Crippen MR) is 106 cm³/mol. The number of likely N-dealkylation sites (tertiary alicyclic amines) is 1. The maximum atomic E-state index is 13.4. The SMILES string of the molecule is CC(CNC(=O)C1CCCN(Cc2cccc(F)c2)C1)N1CCN(C)CC1. The molecule has 1 aromatic rings. The summed E-state index contributed by atoms with van der Waals surface area (Å²) in [5.41, 5.74) is 0.972. The van der Waals surface area contributed by atoms with E-state index in [0.29, 0.717) is 19.1 Å². The third-order valence-corrected chi connectivity index (χ3v) is 5.90. The van der Waals surface area contributed by atoms with E-state index in [1.165, 1.54) is 6.07 Å². The number of carbonyl (C=O) groups excluding carboxylic acids is 1. The Morgan fingerprint density at radius 3 is 2.78 bits per heavy atom. The van der Waals surface area contributed by atoms with Crippen LogP contribution in [0.3, 0.4) is 0 Å². The quantitative estimate of drug-likeness (QED) is 0.822. The van der Waals surface area contributed by atoms with Crippen LogP contribution in [0.5, 0.6) is 0 Å². The molecule has 6 heteroatoms. The fraction of sp³-hybridized carbons (Fsp3) is 0.667. The van der Waals surface area contributed by atoms with Gasteiger partial charge in [0.1, 0.15) is 5.82 Å². The molecule has 2 fully saturated rings. The lowest BCUT2D eigenvalue weighted by molar-refractivity contribution is -0.127. The van der Waals surface area contributed by atoms with Crippen LogP contribution >= 0.6 is 0 Å². The van der Waals surface area contributed by atoms with Gasteiger partial charge in [0.2, 0.25) is 5.91 Å². The summed E-state index contributed by atoms with van der Waals surface area (Å²) in [7, 11) is 2.16. The van der Waals surface area contributed by atoms with Crippen molar-refractivity contribution < 1.29 is 9.18 Å². The molecule has 2 aliphatic rings. The Kier molecular flexibility index (Phi) is 7.21. The molecule has 0 radical (unpaired) electrons. The Hall–Kier alpha value is -1.50. The van der Waals surface area contributed by atoms with Gasteiger partial charge >= 0.3 is 0 Å². The van der Waals surface area contributed by atoms with Crippen molar-refractivity contribution in [1.82, 2.24) is 20.0 Å². The summed E-state index contributed by atoms with van der Waals surface area (Å²) in [5.74, 6) is 0.00335. The van der Waals surface area contributed by atoms with E-state index in [4.69, 9.17) is 0 Å². The van der Waals surface area contributed by atoms with Crippen molar-refractivity contribution in [2.24, 2.45) is 5.92 Å². The van der Waals surface area contributed by atoms with E-state index in [1.54, 1.807) is 12.1 Å². The van der Waals surface area contributed by atoms with Crippen molar-refractivity contribution in [3.05, 3.63) is 35.6 Å². The molecule has 2 aliphatic heterocycles. The average molecular weight is 377 g/mol. The first-order chi connectivity index (χ1) is 13.0. The number of likely N-dealkylation sites (N-methyl/N-ethyl adjacent to an activating group) is 1. The number of halogens is 1. The molecular formula is C21H33FN4O. The summed E-state index contributed by atoms with van der Waals surface area (Å²) in [6.07, 6.45) is 1.95. The maximum Gasteiger partial charge on any atom is 0.224 e. The third-order valence-electron chi connectivity index (χ3n) is 5.90. The first kappa shape index (κ1) is 20.2. The summed E-state index contributed by atoms with van der Waals surface area (Å²) >= 11 is 0. The molecule has 27 heavy (non-hydrogen) atoms. The van der Waals surface area contributed by atoms with Gasteiger partial charge in [-0.05, 0) is 51.1 Å². The number of benzene rings is 1. The molecule has 0 spiro atoms. The van der Waals surface area contributed by atoms with Crippen LogP contribution in [0.1, 0.15) is 25.3 Å². The number of carbonyl (C=O) groups is 1. The Labute approximate surface area is 162 Å². The van der Waals surface area contributed by atoms with Crippen LogP contribution in [-0.2, 0) is 11.3 Å². The van der Waals surface area contributed by atoms with Crippen LogP contribution in [0.2, 0.25) is 0 Å². The maximum absolute atomic E-state index is 13.4. The monoisotopic (exact) mass is 376 g/mol. The Balaban J connectivity index is 1.44. The average Bonchev–Trinajstić information content (AvgIpc) is 2.66. The molecule has 0 saturated carbocycles. The van der Waals surface area contributed by atoms with Crippen molar-refractivity contribution in [3.8, 4) is 0 Å². The summed E-state index contributed by atoms with van der Waals surface area (Å²) in [4.78, 5) is 19.7. The van der Waals surface area contributed by atoms with Gasteiger partial charge in [0.15, 0.2) is 0 Å². The standard InChI is InChI=1S/C21H33FN4O/c1-17(26-11-9-24(2)10-12-26)14-23-21(27)19-6-4-8-25(16-19)15-18-5-3-7-20(22)13-18/h3,5,7,13,17,19H,4,6,8-12,14-16H2,1-2H3,(H,23,27). The molecule has 2 heterocycles. The van der Waals surface area contributed by atoms with Crippen LogP contribution in [0.15, 0.2) is 24.3 Å². The minimum absolute atomic E-state index is 0.0343. The van der Waals surface area contributed by atoms with Gasteiger partial charge in [0.25, 0.3) is 0 Å². The summed E-state index contributed by atoms with van der Waals surface area (Å²) < 4.78 is 13.4. The van der Waals surface area contributed by atoms with Gasteiger partial charge in [-0.3, -0.25) is 14.6 Å². The molecule has 5 nitrogen and oxygen atoms in total. The van der Waals surface area contributed by atoms with Gasteiger partial charge in [-0.2, -0.15) is 0 Å². The van der Waals surface area contributed by atoms with Crippen molar-refractivity contribution in [3.63, 3.8) is 0 Å². The highest BCUT2D eigenvalue weighted by Gasteiger charge is 2.27. The summed E-state index contributed by atoms with van der Waals surface area (Å²) in [6.45, 7) is 9.66. The first-order valence-corrected chi connectivity index (χ1v) is 10.2. The van der Waals surface area contributed by atoms with Gasteiger partial charge < -0.3 is 10.2 Å². The number of rotatable bonds is 6. The zero-order chi connectivity index (χ0) is 19.2. The fourth-order valence-electron chi connectivity index (χ4n) is 4.09. The van der Waals surface area contributed by atoms with Crippen LogP contribution in [0.4, 0.5) is 4.39 Å². The lowest BCUT2D eigenvalue weighted by Gasteiger charge is -2.37. The van der Waals surface area contributed by atoms with Crippen LogP contribution in [0.25, 0.3) is 0 Å². The molecule has 0 aliphatic carbocycles. The lowest BCUT2D eigenvalue weighted by atomic mass is 9.96. The second kappa shape index (κ2) is 9.62. The minimum Gasteiger partial charge on any atom is -0.354 e. The third kappa shape index (κ3) is 5.99. The molecule has 2 saturated heterocycles. The van der Waals surface area contributed by atoms with Crippen molar-refractivity contribution in [2.45, 2.75) is 32.4 Å². The Morgan fingerprint density at radius 1 is 1.26 bits per heavy atom. The topological polar surface area (TPSA) is 38.8 Å². The molecule has 2 atom stereocenters. The highest BCUT2D eigenvalue weighted by molar-refractivity contribution is 5.79. The Bertz CT molecular complexity index is 618. The number of hydrogen-bond donors (Lipinski definition) is 1. The van der Waals surface area contributed by atoms with Gasteiger partial charge in [-0.15, -0.1) is 0 Å². The zero-order valence-electron chi connectivity index (χ0n) is 16.7. The van der Waals surface area contributed by atoms with Crippen molar-refractivity contribution in [2.75, 3.05) is 52.9 Å². The van der Waals surface area contributed by atoms with E-state index >= 15 is 0 Å². The molecule has 0 bridgehead atoms. The molecular weight excluding hydrogens is 343 g/mol. The molecule has 3 rings (SSSR count). The van der Waals surface area contributed by atoms with Gasteiger partial charge in [0.05, 0.1) is 5.92 Å². The van der Waals surface area contributed by atoms with E-state index in [0.717, 1.165) is 57.7 Å². The fourth-order valence-corrected chi connectivity index (χ4v) is 4.09. The molecule has 1 N–H and O–H groups in total. The van der Waals surface area contributed by atoms with Gasteiger partial charge in [-0.1, -0.05) is 12.1 Å². The normalized spacial score (nSPS) is 23.9. The second-order valence-corrected chi connectivity index (χ2v) is 8.14. The molecule has 0 aromatic heterocycles. The highest BCUT2D eigenvalue weighted by atomic mass is 19.1. The Morgan fingerprint density at radius 2 is 2.04 bits per heavy atom. The number of nitrogens with zero attached hydrogens (tertiary/aromatic N) is 3. The molecule has 150 valence electrons. The molecule has 2 unspecified atom stereocenters. The van der Waals surface area contributed by atoms with E-state index < -0.39 is 0 Å². The summed E-state index contributed by atoms with van der Waals surface area (Å²) in [5, 5.41) is 3.17. The molecule has 1 aromatic carbocycles. The van der Waals surface area contributed by atoms with E-state index in [-0.39, 0.29) is 17.6 Å². The first-order valence-electron chi connectivity index (χ1n) is 10.2. The lowest BCUT2D eigenvalue weighted by Crippen LogP contribution is -2.52. The number of nitrogens with one attached hydrogen (secondary N) is 1. The van der Waals surface area contributed by atoms with E-state index in [9.17, 15) is 9.18 Å². The number of piperidine rings is 1. The van der Waals surface area contributed by atoms with Gasteiger partial charge in [0, 0.05) is 51.9 Å². The highest BCUT2D eigenvalue weighted by Crippen LogP contribution is 2.19. The number of amides is 1. The largest absolute Gasteiger partial charge is 0.354 e.